The lowest BCUT2D eigenvalue weighted by molar-refractivity contribution is -0.164. The maximum absolute atomic E-state index is 15.4. The van der Waals surface area contributed by atoms with Crippen molar-refractivity contribution < 1.29 is 23.4 Å². The molecule has 6 nitrogen and oxygen atoms in total. The molecule has 0 radical (unpaired) electrons. The molecular weight excluding hydrogens is 447 g/mol. The summed E-state index contributed by atoms with van der Waals surface area (Å²) in [4.78, 5) is 18.0. The fourth-order valence-electron chi connectivity index (χ4n) is 5.10. The Kier molecular flexibility index (Phi) is 6.43. The van der Waals surface area contributed by atoms with Gasteiger partial charge in [0.1, 0.15) is 5.65 Å². The van der Waals surface area contributed by atoms with Crippen LogP contribution in [0.2, 0.25) is 0 Å². The summed E-state index contributed by atoms with van der Waals surface area (Å²) in [6.45, 7) is 14.1. The van der Waals surface area contributed by atoms with E-state index < -0.39 is 23.5 Å². The van der Waals surface area contributed by atoms with Crippen molar-refractivity contribution in [3.63, 3.8) is 0 Å². The molecule has 35 heavy (non-hydrogen) atoms. The Bertz CT molecular complexity index is 1330. The zero-order valence-electron chi connectivity index (χ0n) is 22.2. The maximum Gasteiger partial charge on any atom is 0.339 e. The molecule has 4 rings (SSSR count). The van der Waals surface area contributed by atoms with Crippen molar-refractivity contribution in [1.29, 1.82) is 0 Å². The van der Waals surface area contributed by atoms with E-state index in [0.717, 1.165) is 57.4 Å². The molecule has 0 spiro atoms. The van der Waals surface area contributed by atoms with Crippen molar-refractivity contribution in [3.05, 3.63) is 45.5 Å². The van der Waals surface area contributed by atoms with Gasteiger partial charge in [-0.05, 0) is 84.1 Å². The molecule has 3 heterocycles. The molecule has 0 N–H and O–H groups in total. The number of hydrogen-bond acceptors (Lipinski definition) is 5. The van der Waals surface area contributed by atoms with Crippen LogP contribution >= 0.6 is 0 Å². The van der Waals surface area contributed by atoms with Crippen LogP contribution < -0.4 is 4.74 Å². The van der Waals surface area contributed by atoms with Crippen LogP contribution in [0, 0.1) is 33.5 Å². The summed E-state index contributed by atoms with van der Waals surface area (Å²) in [7, 11) is 3.32. The lowest BCUT2D eigenvalue weighted by Crippen LogP contribution is -2.29. The highest BCUT2D eigenvalue weighted by molar-refractivity contribution is 6.01. The van der Waals surface area contributed by atoms with Gasteiger partial charge in [0.2, 0.25) is 0 Å². The molecule has 0 aliphatic carbocycles. The summed E-state index contributed by atoms with van der Waals surface area (Å²) in [5.41, 5.74) is 6.76. The number of carbonyl (C=O) groups excluding carboxylic acids is 1. The van der Waals surface area contributed by atoms with Gasteiger partial charge < -0.3 is 18.8 Å². The van der Waals surface area contributed by atoms with Gasteiger partial charge in [-0.15, -0.1) is 0 Å². The van der Waals surface area contributed by atoms with Crippen LogP contribution in [0.4, 0.5) is 4.39 Å². The minimum absolute atomic E-state index is 0.331. The number of pyridine rings is 1. The van der Waals surface area contributed by atoms with Crippen molar-refractivity contribution in [2.45, 2.75) is 73.0 Å². The molecule has 0 saturated carbocycles. The van der Waals surface area contributed by atoms with Crippen LogP contribution in [0.5, 0.6) is 5.75 Å². The predicted octanol–water partition coefficient (Wildman–Crippen LogP) is 5.97. The first-order chi connectivity index (χ1) is 16.4. The molecule has 2 aromatic heterocycles. The minimum atomic E-state index is -1.03. The van der Waals surface area contributed by atoms with Crippen molar-refractivity contribution in [3.8, 4) is 16.9 Å². The molecule has 1 unspecified atom stereocenters. The quantitative estimate of drug-likeness (QED) is 0.429. The maximum atomic E-state index is 15.4. The molecular formula is C28H35FN2O4. The van der Waals surface area contributed by atoms with Gasteiger partial charge in [-0.2, -0.15) is 0 Å². The largest absolute Gasteiger partial charge is 0.490 e. The van der Waals surface area contributed by atoms with Gasteiger partial charge in [0.05, 0.1) is 19.3 Å². The van der Waals surface area contributed by atoms with Crippen molar-refractivity contribution in [2.75, 3.05) is 13.7 Å². The van der Waals surface area contributed by atoms with Gasteiger partial charge >= 0.3 is 5.97 Å². The summed E-state index contributed by atoms with van der Waals surface area (Å²) >= 11 is 0. The van der Waals surface area contributed by atoms with Gasteiger partial charge in [-0.1, -0.05) is 0 Å². The lowest BCUT2D eigenvalue weighted by atomic mass is 9.86. The van der Waals surface area contributed by atoms with Crippen LogP contribution in [0.3, 0.4) is 0 Å². The number of esters is 1. The summed E-state index contributed by atoms with van der Waals surface area (Å²) < 4.78 is 34.6. The first-order valence-electron chi connectivity index (χ1n) is 12.0. The van der Waals surface area contributed by atoms with Gasteiger partial charge in [0.25, 0.3) is 0 Å². The average Bonchev–Trinajstić information content (AvgIpc) is 3.02. The van der Waals surface area contributed by atoms with Crippen LogP contribution in [-0.2, 0) is 27.7 Å². The summed E-state index contributed by atoms with van der Waals surface area (Å²) in [5, 5.41) is 0.885. The Morgan fingerprint density at radius 2 is 1.89 bits per heavy atom. The molecule has 188 valence electrons. The second-order valence-corrected chi connectivity index (χ2v) is 10.4. The molecule has 0 fully saturated rings. The van der Waals surface area contributed by atoms with Crippen LogP contribution in [-0.4, -0.2) is 34.8 Å². The molecule has 1 atom stereocenters. The number of rotatable bonds is 4. The average molecular weight is 483 g/mol. The van der Waals surface area contributed by atoms with Crippen LogP contribution in [0.15, 0.2) is 6.07 Å². The third kappa shape index (κ3) is 4.20. The molecule has 1 aliphatic heterocycles. The van der Waals surface area contributed by atoms with Gasteiger partial charge in [-0.25, -0.2) is 14.2 Å². The Hall–Kier alpha value is -2.93. The van der Waals surface area contributed by atoms with E-state index in [9.17, 15) is 4.79 Å². The second kappa shape index (κ2) is 8.94. The molecule has 0 saturated heterocycles. The first-order valence-corrected chi connectivity index (χ1v) is 12.0. The van der Waals surface area contributed by atoms with E-state index in [0.29, 0.717) is 23.6 Å². The number of ether oxygens (including phenoxy) is 3. The van der Waals surface area contributed by atoms with Crippen LogP contribution in [0.25, 0.3) is 22.2 Å². The van der Waals surface area contributed by atoms with E-state index in [4.69, 9.17) is 19.2 Å². The fraction of sp³-hybridized carbons (Fsp3) is 0.500. The Labute approximate surface area is 206 Å². The molecule has 0 bridgehead atoms. The lowest BCUT2D eigenvalue weighted by Gasteiger charge is -2.29. The van der Waals surface area contributed by atoms with Crippen molar-refractivity contribution in [2.24, 2.45) is 7.05 Å². The van der Waals surface area contributed by atoms with E-state index in [1.165, 1.54) is 13.2 Å². The summed E-state index contributed by atoms with van der Waals surface area (Å²) in [5.74, 6) is -0.585. The fourth-order valence-corrected chi connectivity index (χ4v) is 5.10. The highest BCUT2D eigenvalue weighted by atomic mass is 19.1. The van der Waals surface area contributed by atoms with E-state index in [1.54, 1.807) is 0 Å². The Morgan fingerprint density at radius 3 is 2.51 bits per heavy atom. The summed E-state index contributed by atoms with van der Waals surface area (Å²) in [6.07, 6.45) is 0.539. The predicted molar refractivity (Wildman–Crippen MR) is 134 cm³/mol. The number of methoxy groups -OCH3 is 1. The highest BCUT2D eigenvalue weighted by Gasteiger charge is 2.35. The number of benzene rings is 1. The van der Waals surface area contributed by atoms with Crippen LogP contribution in [0.1, 0.15) is 66.9 Å². The number of fused-ring (bicyclic) bond motifs is 2. The van der Waals surface area contributed by atoms with E-state index >= 15 is 4.39 Å². The zero-order chi connectivity index (χ0) is 25.8. The monoisotopic (exact) mass is 482 g/mol. The third-order valence-corrected chi connectivity index (χ3v) is 7.00. The normalized spacial score (nSPS) is 14.6. The molecule has 7 heteroatoms. The standard InChI is InChI=1S/C28H35FN2O4/c1-14-17(4)31(8)26-21(14)23(19-13-20(29)24-18(15(19)2)11-10-12-34-24)22(16(3)30-26)25(27(32)33-9)35-28(5,6)7/h13,25H,10-12H2,1-9H3. The molecule has 0 amide bonds. The number of aryl methyl sites for hydroxylation is 3. The Morgan fingerprint density at radius 1 is 1.20 bits per heavy atom. The van der Waals surface area contributed by atoms with Gasteiger partial charge in [-0.3, -0.25) is 0 Å². The van der Waals surface area contributed by atoms with E-state index in [-0.39, 0.29) is 0 Å². The number of aromatic nitrogens is 2. The molecule has 3 aromatic rings. The third-order valence-electron chi connectivity index (χ3n) is 7.00. The van der Waals surface area contributed by atoms with E-state index in [2.05, 4.69) is 0 Å². The highest BCUT2D eigenvalue weighted by Crippen LogP contribution is 2.45. The summed E-state index contributed by atoms with van der Waals surface area (Å²) in [6, 6.07) is 1.53. The number of halogens is 1. The van der Waals surface area contributed by atoms with Crippen molar-refractivity contribution >= 4 is 17.0 Å². The topological polar surface area (TPSA) is 62.6 Å². The first kappa shape index (κ1) is 25.2. The Balaban J connectivity index is 2.18. The minimum Gasteiger partial charge on any atom is -0.490 e. The number of hydrogen-bond donors (Lipinski definition) is 0. The number of nitrogens with zero attached hydrogens (tertiary/aromatic N) is 2. The van der Waals surface area contributed by atoms with Crippen molar-refractivity contribution in [1.82, 2.24) is 9.55 Å². The zero-order valence-corrected chi connectivity index (χ0v) is 22.2. The second-order valence-electron chi connectivity index (χ2n) is 10.4. The number of carbonyl (C=O) groups is 1. The SMILES string of the molecule is COC(=O)C(OC(C)(C)C)c1c(C)nc2c(c(C)c(C)n2C)c1-c1cc(F)c2c(c1C)CCCO2. The van der Waals surface area contributed by atoms with Gasteiger partial charge in [0, 0.05) is 40.5 Å². The molecule has 1 aliphatic rings. The van der Waals surface area contributed by atoms with Gasteiger partial charge in [0.15, 0.2) is 17.7 Å². The smallest absolute Gasteiger partial charge is 0.339 e. The van der Waals surface area contributed by atoms with E-state index in [1.807, 2.05) is 60.1 Å². The molecule has 1 aromatic carbocycles.